The maximum absolute atomic E-state index is 11.9. The summed E-state index contributed by atoms with van der Waals surface area (Å²) in [5.41, 5.74) is 10.7. The molecule has 0 heterocycles. The van der Waals surface area contributed by atoms with Crippen LogP contribution in [0.3, 0.4) is 0 Å². The fourth-order valence-electron chi connectivity index (χ4n) is 1.90. The molecule has 1 atom stereocenters. The zero-order valence-electron chi connectivity index (χ0n) is 14.1. The number of hydrazine groups is 1. The Morgan fingerprint density at radius 3 is 2.25 bits per heavy atom. The van der Waals surface area contributed by atoms with Gasteiger partial charge in [0.15, 0.2) is 6.61 Å². The minimum atomic E-state index is -0.842. The number of ether oxygens (including phenoxy) is 1. The number of aryl methyl sites for hydroxylation is 1. The van der Waals surface area contributed by atoms with E-state index in [1.54, 1.807) is 26.0 Å². The van der Waals surface area contributed by atoms with E-state index in [0.717, 1.165) is 6.42 Å². The second kappa shape index (κ2) is 9.39. The van der Waals surface area contributed by atoms with Crippen LogP contribution in [0.25, 0.3) is 0 Å². The number of nitrogens with one attached hydrogen (secondary N) is 3. The highest BCUT2D eigenvalue weighted by molar-refractivity contribution is 5.88. The van der Waals surface area contributed by atoms with Crippen LogP contribution in [0.1, 0.15) is 26.3 Å². The summed E-state index contributed by atoms with van der Waals surface area (Å²) in [5, 5.41) is 2.32. The number of rotatable bonds is 7. The monoisotopic (exact) mass is 336 g/mol. The molecule has 0 bridgehead atoms. The lowest BCUT2D eigenvalue weighted by Crippen LogP contribution is -2.55. The second-order valence-electron chi connectivity index (χ2n) is 5.55. The number of carbonyl (C=O) groups is 3. The normalized spacial score (nSPS) is 11.5. The van der Waals surface area contributed by atoms with Crippen LogP contribution in [0.5, 0.6) is 5.75 Å². The Balaban J connectivity index is 2.41. The van der Waals surface area contributed by atoms with Crippen LogP contribution < -0.4 is 26.6 Å². The summed E-state index contributed by atoms with van der Waals surface area (Å²) in [4.78, 5) is 34.5. The topological polar surface area (TPSA) is 123 Å². The van der Waals surface area contributed by atoms with Crippen molar-refractivity contribution in [1.82, 2.24) is 16.2 Å². The first-order chi connectivity index (χ1) is 11.3. The van der Waals surface area contributed by atoms with Crippen molar-refractivity contribution < 1.29 is 19.1 Å². The number of hydrogen-bond donors (Lipinski definition) is 4. The Labute approximate surface area is 141 Å². The standard InChI is InChI=1S/C16H24N4O4/c1-4-11-5-7-12(8-6-11)24-9-13(21)19-20-15(22)14(10(2)3)18-16(17)23/h5-8,10,14H,4,9H2,1-3H3,(H,19,21)(H,20,22)(H3,17,18,23)/t14-/m1/s1. The smallest absolute Gasteiger partial charge is 0.312 e. The van der Waals surface area contributed by atoms with E-state index in [9.17, 15) is 14.4 Å². The minimum Gasteiger partial charge on any atom is -0.484 e. The molecular formula is C16H24N4O4. The largest absolute Gasteiger partial charge is 0.484 e. The SMILES string of the molecule is CCc1ccc(OCC(=O)NNC(=O)[C@H](NC(N)=O)C(C)C)cc1. The van der Waals surface area contributed by atoms with Crippen molar-refractivity contribution in [3.05, 3.63) is 29.8 Å². The molecule has 4 amide bonds. The minimum absolute atomic E-state index is 0.192. The summed E-state index contributed by atoms with van der Waals surface area (Å²) in [7, 11) is 0. The van der Waals surface area contributed by atoms with Crippen molar-refractivity contribution in [2.45, 2.75) is 33.2 Å². The fraction of sp³-hybridized carbons (Fsp3) is 0.438. The molecule has 0 saturated heterocycles. The first kappa shape index (κ1) is 19.3. The molecular weight excluding hydrogens is 312 g/mol. The van der Waals surface area contributed by atoms with Crippen molar-refractivity contribution in [2.24, 2.45) is 11.7 Å². The third-order valence-corrected chi connectivity index (χ3v) is 3.27. The van der Waals surface area contributed by atoms with Gasteiger partial charge in [0.2, 0.25) is 0 Å². The van der Waals surface area contributed by atoms with Crippen molar-refractivity contribution in [2.75, 3.05) is 6.61 Å². The lowest BCUT2D eigenvalue weighted by atomic mass is 10.0. The fourth-order valence-corrected chi connectivity index (χ4v) is 1.90. The Morgan fingerprint density at radius 1 is 1.12 bits per heavy atom. The lowest BCUT2D eigenvalue weighted by Gasteiger charge is -2.20. The third-order valence-electron chi connectivity index (χ3n) is 3.27. The zero-order chi connectivity index (χ0) is 18.1. The Hall–Kier alpha value is -2.77. The molecule has 0 unspecified atom stereocenters. The van der Waals surface area contributed by atoms with E-state index in [-0.39, 0.29) is 12.5 Å². The van der Waals surface area contributed by atoms with Gasteiger partial charge >= 0.3 is 6.03 Å². The Morgan fingerprint density at radius 2 is 1.75 bits per heavy atom. The molecule has 0 aliphatic rings. The molecule has 24 heavy (non-hydrogen) atoms. The molecule has 0 spiro atoms. The first-order valence-corrected chi connectivity index (χ1v) is 7.69. The molecule has 1 aromatic carbocycles. The molecule has 132 valence electrons. The van der Waals surface area contributed by atoms with Gasteiger partial charge in [-0.05, 0) is 30.0 Å². The van der Waals surface area contributed by atoms with Crippen LogP contribution in [0.4, 0.5) is 4.79 Å². The number of benzene rings is 1. The van der Waals surface area contributed by atoms with Gasteiger partial charge in [0, 0.05) is 0 Å². The molecule has 0 aromatic heterocycles. The molecule has 8 heteroatoms. The number of urea groups is 1. The van der Waals surface area contributed by atoms with Crippen LogP contribution in [0.15, 0.2) is 24.3 Å². The van der Waals surface area contributed by atoms with Crippen LogP contribution in [0.2, 0.25) is 0 Å². The highest BCUT2D eigenvalue weighted by atomic mass is 16.5. The van der Waals surface area contributed by atoms with Gasteiger partial charge in [0.25, 0.3) is 11.8 Å². The zero-order valence-corrected chi connectivity index (χ0v) is 14.1. The number of primary amides is 1. The summed E-state index contributed by atoms with van der Waals surface area (Å²) >= 11 is 0. The van der Waals surface area contributed by atoms with E-state index < -0.39 is 23.9 Å². The lowest BCUT2D eigenvalue weighted by molar-refractivity contribution is -0.131. The van der Waals surface area contributed by atoms with E-state index in [1.165, 1.54) is 5.56 Å². The molecule has 1 aromatic rings. The maximum Gasteiger partial charge on any atom is 0.312 e. The molecule has 0 saturated carbocycles. The van der Waals surface area contributed by atoms with E-state index in [2.05, 4.69) is 16.2 Å². The summed E-state index contributed by atoms with van der Waals surface area (Å²) in [6.45, 7) is 5.28. The molecule has 0 aliphatic carbocycles. The number of amides is 4. The maximum atomic E-state index is 11.9. The van der Waals surface area contributed by atoms with Gasteiger partial charge in [-0.25, -0.2) is 4.79 Å². The highest BCUT2D eigenvalue weighted by Crippen LogP contribution is 2.12. The highest BCUT2D eigenvalue weighted by Gasteiger charge is 2.23. The number of carbonyl (C=O) groups excluding carboxylic acids is 3. The molecule has 0 fully saturated rings. The summed E-state index contributed by atoms with van der Waals surface area (Å²) in [6, 6.07) is 5.72. The van der Waals surface area contributed by atoms with E-state index in [0.29, 0.717) is 5.75 Å². The second-order valence-corrected chi connectivity index (χ2v) is 5.55. The molecule has 0 radical (unpaired) electrons. The van der Waals surface area contributed by atoms with Gasteiger partial charge in [0.05, 0.1) is 0 Å². The van der Waals surface area contributed by atoms with Crippen molar-refractivity contribution >= 4 is 17.8 Å². The molecule has 8 nitrogen and oxygen atoms in total. The van der Waals surface area contributed by atoms with Crippen molar-refractivity contribution in [1.29, 1.82) is 0 Å². The van der Waals surface area contributed by atoms with Gasteiger partial charge in [-0.2, -0.15) is 0 Å². The summed E-state index contributed by atoms with van der Waals surface area (Å²) < 4.78 is 5.32. The summed E-state index contributed by atoms with van der Waals surface area (Å²) in [6.07, 6.45) is 0.920. The Kier molecular flexibility index (Phi) is 7.54. The molecule has 0 aliphatic heterocycles. The van der Waals surface area contributed by atoms with Crippen molar-refractivity contribution in [3.8, 4) is 5.75 Å². The average molecular weight is 336 g/mol. The van der Waals surface area contributed by atoms with Crippen LogP contribution in [-0.2, 0) is 16.0 Å². The molecule has 5 N–H and O–H groups in total. The van der Waals surface area contributed by atoms with Gasteiger partial charge < -0.3 is 15.8 Å². The quantitative estimate of drug-likeness (QED) is 0.540. The summed E-state index contributed by atoms with van der Waals surface area (Å²) in [5.74, 6) is -0.721. The van der Waals surface area contributed by atoms with E-state index in [4.69, 9.17) is 10.5 Å². The van der Waals surface area contributed by atoms with E-state index in [1.807, 2.05) is 19.1 Å². The van der Waals surface area contributed by atoms with Gasteiger partial charge in [-0.3, -0.25) is 20.4 Å². The molecule has 1 rings (SSSR count). The van der Waals surface area contributed by atoms with Gasteiger partial charge in [-0.15, -0.1) is 0 Å². The van der Waals surface area contributed by atoms with Crippen molar-refractivity contribution in [3.63, 3.8) is 0 Å². The van der Waals surface area contributed by atoms with Gasteiger partial charge in [-0.1, -0.05) is 32.9 Å². The third kappa shape index (κ3) is 6.55. The van der Waals surface area contributed by atoms with Crippen LogP contribution in [0, 0.1) is 5.92 Å². The number of hydrogen-bond acceptors (Lipinski definition) is 4. The van der Waals surface area contributed by atoms with Crippen LogP contribution >= 0.6 is 0 Å². The predicted molar refractivity (Wildman–Crippen MR) is 88.9 cm³/mol. The number of nitrogens with two attached hydrogens (primary N) is 1. The van der Waals surface area contributed by atoms with Crippen LogP contribution in [-0.4, -0.2) is 30.5 Å². The van der Waals surface area contributed by atoms with E-state index >= 15 is 0 Å². The first-order valence-electron chi connectivity index (χ1n) is 7.69. The van der Waals surface area contributed by atoms with Gasteiger partial charge in [0.1, 0.15) is 11.8 Å². The Bertz CT molecular complexity index is 572. The predicted octanol–water partition coefficient (Wildman–Crippen LogP) is 0.468. The average Bonchev–Trinajstić information content (AvgIpc) is 2.55.